The standard InChI is InChI=1S/C15H22N2OS/c1-11(19-10-12-5-3-2-4-6-12)15(18)17-9-14(16)13-7-8-13/h2-6,11,13-14H,7-10,16H2,1H3,(H,17,18). The van der Waals surface area contributed by atoms with Gasteiger partial charge in [0.25, 0.3) is 0 Å². The van der Waals surface area contributed by atoms with Crippen LogP contribution in [0.1, 0.15) is 25.3 Å². The molecule has 0 bridgehead atoms. The Morgan fingerprint density at radius 1 is 1.42 bits per heavy atom. The highest BCUT2D eigenvalue weighted by molar-refractivity contribution is 7.99. The van der Waals surface area contributed by atoms with Crippen molar-refractivity contribution in [2.45, 2.75) is 36.8 Å². The lowest BCUT2D eigenvalue weighted by molar-refractivity contribution is -0.120. The quantitative estimate of drug-likeness (QED) is 0.803. The Hall–Kier alpha value is -1.00. The van der Waals surface area contributed by atoms with Crippen molar-refractivity contribution in [1.82, 2.24) is 5.32 Å². The van der Waals surface area contributed by atoms with Gasteiger partial charge >= 0.3 is 0 Å². The Bertz CT molecular complexity index is 406. The van der Waals surface area contributed by atoms with E-state index in [9.17, 15) is 4.79 Å². The van der Waals surface area contributed by atoms with Crippen LogP contribution in [-0.4, -0.2) is 23.7 Å². The molecule has 3 N–H and O–H groups in total. The van der Waals surface area contributed by atoms with Crippen LogP contribution in [0.5, 0.6) is 0 Å². The predicted octanol–water partition coefficient (Wildman–Crippen LogP) is 2.16. The molecule has 1 aromatic carbocycles. The summed E-state index contributed by atoms with van der Waals surface area (Å²) in [7, 11) is 0. The smallest absolute Gasteiger partial charge is 0.232 e. The van der Waals surface area contributed by atoms with Crippen molar-refractivity contribution >= 4 is 17.7 Å². The summed E-state index contributed by atoms with van der Waals surface area (Å²) in [4.78, 5) is 11.9. The van der Waals surface area contributed by atoms with Gasteiger partial charge in [-0.1, -0.05) is 30.3 Å². The van der Waals surface area contributed by atoms with Gasteiger partial charge in [0.1, 0.15) is 0 Å². The maximum Gasteiger partial charge on any atom is 0.232 e. The number of nitrogens with two attached hydrogens (primary N) is 1. The molecule has 1 fully saturated rings. The normalized spacial score (nSPS) is 17.8. The second-order valence-corrected chi connectivity index (χ2v) is 6.51. The first-order valence-electron chi connectivity index (χ1n) is 6.85. The van der Waals surface area contributed by atoms with Gasteiger partial charge in [-0.05, 0) is 31.2 Å². The average molecular weight is 278 g/mol. The highest BCUT2D eigenvalue weighted by atomic mass is 32.2. The molecule has 1 aliphatic rings. The van der Waals surface area contributed by atoms with Crippen molar-refractivity contribution in [3.63, 3.8) is 0 Å². The van der Waals surface area contributed by atoms with Crippen molar-refractivity contribution in [3.05, 3.63) is 35.9 Å². The Morgan fingerprint density at radius 3 is 2.74 bits per heavy atom. The summed E-state index contributed by atoms with van der Waals surface area (Å²) in [5, 5.41) is 2.92. The molecule has 1 aromatic rings. The molecule has 3 nitrogen and oxygen atoms in total. The van der Waals surface area contributed by atoms with Crippen LogP contribution >= 0.6 is 11.8 Å². The lowest BCUT2D eigenvalue weighted by Gasteiger charge is -2.15. The van der Waals surface area contributed by atoms with Gasteiger partial charge in [-0.25, -0.2) is 0 Å². The van der Waals surface area contributed by atoms with Gasteiger partial charge in [0.2, 0.25) is 5.91 Å². The number of amides is 1. The molecule has 0 saturated heterocycles. The van der Waals surface area contributed by atoms with E-state index in [4.69, 9.17) is 5.73 Å². The highest BCUT2D eigenvalue weighted by Gasteiger charge is 2.28. The van der Waals surface area contributed by atoms with E-state index >= 15 is 0 Å². The zero-order chi connectivity index (χ0) is 13.7. The maximum absolute atomic E-state index is 11.9. The monoisotopic (exact) mass is 278 g/mol. The molecule has 0 aliphatic heterocycles. The molecule has 0 heterocycles. The zero-order valence-corrected chi connectivity index (χ0v) is 12.2. The van der Waals surface area contributed by atoms with Crippen molar-refractivity contribution in [1.29, 1.82) is 0 Å². The van der Waals surface area contributed by atoms with Gasteiger partial charge < -0.3 is 11.1 Å². The number of carbonyl (C=O) groups is 1. The van der Waals surface area contributed by atoms with Gasteiger partial charge in [-0.2, -0.15) is 0 Å². The van der Waals surface area contributed by atoms with Crippen LogP contribution in [0.15, 0.2) is 30.3 Å². The minimum Gasteiger partial charge on any atom is -0.354 e. The summed E-state index contributed by atoms with van der Waals surface area (Å²) in [5.74, 6) is 1.59. The van der Waals surface area contributed by atoms with Crippen LogP contribution in [0, 0.1) is 5.92 Å². The fourth-order valence-corrected chi connectivity index (χ4v) is 2.79. The van der Waals surface area contributed by atoms with E-state index in [0.29, 0.717) is 12.5 Å². The summed E-state index contributed by atoms with van der Waals surface area (Å²) in [6.45, 7) is 2.56. The maximum atomic E-state index is 11.9. The van der Waals surface area contributed by atoms with Crippen LogP contribution in [0.4, 0.5) is 0 Å². The van der Waals surface area contributed by atoms with Crippen LogP contribution in [0.3, 0.4) is 0 Å². The minimum absolute atomic E-state index is 0.0355. The summed E-state index contributed by atoms with van der Waals surface area (Å²) < 4.78 is 0. The van der Waals surface area contributed by atoms with Gasteiger partial charge in [0.05, 0.1) is 5.25 Å². The van der Waals surface area contributed by atoms with Gasteiger partial charge in [0, 0.05) is 18.3 Å². The SMILES string of the molecule is CC(SCc1ccccc1)C(=O)NCC(N)C1CC1. The van der Waals surface area contributed by atoms with Crippen LogP contribution in [0.2, 0.25) is 0 Å². The van der Waals surface area contributed by atoms with E-state index in [2.05, 4.69) is 17.4 Å². The number of benzene rings is 1. The van der Waals surface area contributed by atoms with Crippen molar-refractivity contribution in [2.75, 3.05) is 6.54 Å². The van der Waals surface area contributed by atoms with Crippen LogP contribution in [0.25, 0.3) is 0 Å². The third kappa shape index (κ3) is 4.88. The third-order valence-corrected chi connectivity index (χ3v) is 4.67. The molecule has 4 heteroatoms. The fourth-order valence-electron chi connectivity index (χ4n) is 1.92. The summed E-state index contributed by atoms with van der Waals surface area (Å²) in [6, 6.07) is 10.4. The first-order valence-corrected chi connectivity index (χ1v) is 7.90. The molecule has 1 aliphatic carbocycles. The van der Waals surface area contributed by atoms with Crippen molar-refractivity contribution in [2.24, 2.45) is 11.7 Å². The van der Waals surface area contributed by atoms with E-state index in [0.717, 1.165) is 5.75 Å². The van der Waals surface area contributed by atoms with E-state index in [-0.39, 0.29) is 17.2 Å². The Kier molecular flexibility index (Phi) is 5.28. The largest absolute Gasteiger partial charge is 0.354 e. The number of carbonyl (C=O) groups excluding carboxylic acids is 1. The summed E-state index contributed by atoms with van der Waals surface area (Å²) >= 11 is 1.66. The summed E-state index contributed by atoms with van der Waals surface area (Å²) in [6.07, 6.45) is 2.44. The molecule has 0 aromatic heterocycles. The predicted molar refractivity (Wildman–Crippen MR) is 80.9 cm³/mol. The molecule has 1 amide bonds. The van der Waals surface area contributed by atoms with Crippen LogP contribution < -0.4 is 11.1 Å². The molecule has 0 radical (unpaired) electrons. The van der Waals surface area contributed by atoms with Gasteiger partial charge in [-0.3, -0.25) is 4.79 Å². The zero-order valence-electron chi connectivity index (χ0n) is 11.3. The number of hydrogen-bond acceptors (Lipinski definition) is 3. The molecule has 0 spiro atoms. The number of thioether (sulfide) groups is 1. The third-order valence-electron chi connectivity index (χ3n) is 3.45. The first kappa shape index (κ1) is 14.4. The molecule has 104 valence electrons. The lowest BCUT2D eigenvalue weighted by atomic mass is 10.2. The number of hydrogen-bond donors (Lipinski definition) is 2. The average Bonchev–Trinajstić information content (AvgIpc) is 3.27. The van der Waals surface area contributed by atoms with Gasteiger partial charge in [0.15, 0.2) is 0 Å². The van der Waals surface area contributed by atoms with Gasteiger partial charge in [-0.15, -0.1) is 11.8 Å². The highest BCUT2D eigenvalue weighted by Crippen LogP contribution is 2.31. The fraction of sp³-hybridized carbons (Fsp3) is 0.533. The summed E-state index contributed by atoms with van der Waals surface area (Å²) in [5.41, 5.74) is 7.22. The number of rotatable bonds is 7. The Morgan fingerprint density at radius 2 is 2.11 bits per heavy atom. The molecule has 1 saturated carbocycles. The number of nitrogens with one attached hydrogen (secondary N) is 1. The Labute approximate surface area is 119 Å². The van der Waals surface area contributed by atoms with Crippen molar-refractivity contribution < 1.29 is 4.79 Å². The second-order valence-electron chi connectivity index (χ2n) is 5.19. The second kappa shape index (κ2) is 6.96. The van der Waals surface area contributed by atoms with E-state index in [1.54, 1.807) is 11.8 Å². The molecule has 2 rings (SSSR count). The van der Waals surface area contributed by atoms with Crippen LogP contribution in [-0.2, 0) is 10.5 Å². The van der Waals surface area contributed by atoms with E-state index < -0.39 is 0 Å². The van der Waals surface area contributed by atoms with Crippen molar-refractivity contribution in [3.8, 4) is 0 Å². The lowest BCUT2D eigenvalue weighted by Crippen LogP contribution is -2.41. The Balaban J connectivity index is 1.67. The first-order chi connectivity index (χ1) is 9.16. The molecular weight excluding hydrogens is 256 g/mol. The molecule has 2 unspecified atom stereocenters. The molecule has 2 atom stereocenters. The molecular formula is C15H22N2OS. The topological polar surface area (TPSA) is 55.1 Å². The minimum atomic E-state index is -0.0355. The van der Waals surface area contributed by atoms with E-state index in [1.165, 1.54) is 18.4 Å². The molecule has 19 heavy (non-hydrogen) atoms. The van der Waals surface area contributed by atoms with E-state index in [1.807, 2.05) is 25.1 Å².